The number of hydrogen-bond acceptors (Lipinski definition) is 4. The number of fused-ring (bicyclic) bond motifs is 1. The van der Waals surface area contributed by atoms with Crippen molar-refractivity contribution in [1.29, 1.82) is 0 Å². The highest BCUT2D eigenvalue weighted by Crippen LogP contribution is 2.59. The number of nitrogens with zero attached hydrogens (tertiary/aromatic N) is 2. The molecule has 1 saturated carbocycles. The van der Waals surface area contributed by atoms with E-state index in [-0.39, 0.29) is 17.8 Å². The molecule has 3 aromatic rings. The first-order chi connectivity index (χ1) is 20.5. The normalized spacial score (nSPS) is 26.4. The number of likely N-dealkylation sites (tertiary alicyclic amines) is 1. The van der Waals surface area contributed by atoms with E-state index in [1.165, 1.54) is 17.7 Å². The van der Waals surface area contributed by atoms with E-state index in [4.69, 9.17) is 0 Å². The topological polar surface area (TPSA) is 64.0 Å². The summed E-state index contributed by atoms with van der Waals surface area (Å²) in [4.78, 5) is 17.2. The van der Waals surface area contributed by atoms with Gasteiger partial charge in [0.1, 0.15) is 5.75 Å². The Labute approximate surface area is 249 Å². The lowest BCUT2D eigenvalue weighted by Crippen LogP contribution is -2.74. The Hall–Kier alpha value is -3.80. The van der Waals surface area contributed by atoms with E-state index < -0.39 is 28.7 Å². The van der Waals surface area contributed by atoms with Gasteiger partial charge in [0.2, 0.25) is 0 Å². The molecule has 2 bridgehead atoms. The number of benzene rings is 3. The Kier molecular flexibility index (Phi) is 7.52. The van der Waals surface area contributed by atoms with Crippen LogP contribution in [0.25, 0.3) is 0 Å². The first-order valence-electron chi connectivity index (χ1n) is 14.8. The summed E-state index contributed by atoms with van der Waals surface area (Å²) in [5, 5.41) is 23.1. The second-order valence-electron chi connectivity index (χ2n) is 12.2. The zero-order chi connectivity index (χ0) is 30.4. The van der Waals surface area contributed by atoms with Gasteiger partial charge < -0.3 is 15.1 Å². The van der Waals surface area contributed by atoms with Crippen LogP contribution >= 0.6 is 0 Å². The van der Waals surface area contributed by atoms with Crippen LogP contribution < -0.4 is 0 Å². The number of rotatable bonds is 4. The lowest BCUT2D eigenvalue weighted by Gasteiger charge is -2.65. The molecule has 4 atom stereocenters. The number of amides is 1. The quantitative estimate of drug-likeness (QED) is 0.406. The Morgan fingerprint density at radius 3 is 2.53 bits per heavy atom. The van der Waals surface area contributed by atoms with Gasteiger partial charge in [-0.3, -0.25) is 9.69 Å². The lowest BCUT2D eigenvalue weighted by atomic mass is 9.48. The van der Waals surface area contributed by atoms with Gasteiger partial charge in [0.25, 0.3) is 5.91 Å². The summed E-state index contributed by atoms with van der Waals surface area (Å²) >= 11 is 0. The third-order valence-corrected chi connectivity index (χ3v) is 10.0. The van der Waals surface area contributed by atoms with Crippen molar-refractivity contribution < 1.29 is 28.2 Å². The molecule has 1 aliphatic heterocycles. The SMILES string of the molecule is CN(C(=O)C#Cc1ccc(C(F)(F)F)cc1)[C@H]1CC[C@@]2(O)[C@H]3Cc4ccc(O)cc4[C@@]2(CCN3CCc2ccccc2)C1. The molecule has 224 valence electrons. The second kappa shape index (κ2) is 11.0. The fourth-order valence-corrected chi connectivity index (χ4v) is 7.71. The summed E-state index contributed by atoms with van der Waals surface area (Å²) in [6, 6.07) is 20.0. The number of hydrogen-bond donors (Lipinski definition) is 2. The predicted molar refractivity (Wildman–Crippen MR) is 157 cm³/mol. The van der Waals surface area contributed by atoms with Gasteiger partial charge in [-0.1, -0.05) is 42.3 Å². The zero-order valence-corrected chi connectivity index (χ0v) is 24.1. The number of aromatic hydroxyl groups is 1. The molecule has 0 radical (unpaired) electrons. The van der Waals surface area contributed by atoms with E-state index in [1.807, 2.05) is 24.3 Å². The molecule has 43 heavy (non-hydrogen) atoms. The van der Waals surface area contributed by atoms with Gasteiger partial charge in [0.05, 0.1) is 11.2 Å². The summed E-state index contributed by atoms with van der Waals surface area (Å²) in [6.07, 6.45) is -0.520. The number of carbonyl (C=O) groups is 1. The molecular formula is C35H35F3N2O3. The van der Waals surface area contributed by atoms with Crippen LogP contribution in [-0.2, 0) is 29.2 Å². The first-order valence-corrected chi connectivity index (χ1v) is 14.8. The van der Waals surface area contributed by atoms with Crippen molar-refractivity contribution in [3.05, 3.63) is 101 Å². The Balaban J connectivity index is 1.24. The molecule has 0 spiro atoms. The third kappa shape index (κ3) is 5.30. The van der Waals surface area contributed by atoms with Crippen LogP contribution in [0.4, 0.5) is 13.2 Å². The van der Waals surface area contributed by atoms with E-state index in [9.17, 15) is 28.2 Å². The fraction of sp³-hybridized carbons (Fsp3) is 0.400. The molecule has 8 heteroatoms. The highest BCUT2D eigenvalue weighted by molar-refractivity contribution is 5.94. The summed E-state index contributed by atoms with van der Waals surface area (Å²) in [7, 11) is 1.70. The summed E-state index contributed by atoms with van der Waals surface area (Å²) in [5.41, 5.74) is 1.26. The van der Waals surface area contributed by atoms with Gasteiger partial charge in [-0.25, -0.2) is 0 Å². The van der Waals surface area contributed by atoms with Gasteiger partial charge in [0.15, 0.2) is 0 Å². The van der Waals surface area contributed by atoms with Crippen LogP contribution in [-0.4, -0.2) is 63.7 Å². The minimum atomic E-state index is -4.43. The number of alkyl halides is 3. The molecule has 2 aliphatic carbocycles. The van der Waals surface area contributed by atoms with E-state index >= 15 is 0 Å². The third-order valence-electron chi connectivity index (χ3n) is 10.0. The second-order valence-corrected chi connectivity index (χ2v) is 12.2. The maximum absolute atomic E-state index is 13.2. The van der Waals surface area contributed by atoms with E-state index in [2.05, 4.69) is 28.9 Å². The van der Waals surface area contributed by atoms with E-state index in [0.717, 1.165) is 42.8 Å². The zero-order valence-electron chi connectivity index (χ0n) is 24.1. The van der Waals surface area contributed by atoms with Gasteiger partial charge in [-0.05, 0) is 98.2 Å². The highest BCUT2D eigenvalue weighted by atomic mass is 19.4. The van der Waals surface area contributed by atoms with Crippen LogP contribution in [0.2, 0.25) is 0 Å². The molecule has 6 rings (SSSR count). The molecule has 0 unspecified atom stereocenters. The average molecular weight is 589 g/mol. The van der Waals surface area contributed by atoms with Crippen LogP contribution in [0.3, 0.4) is 0 Å². The lowest BCUT2D eigenvalue weighted by molar-refractivity contribution is -0.176. The van der Waals surface area contributed by atoms with Crippen molar-refractivity contribution in [1.82, 2.24) is 9.80 Å². The molecule has 3 aromatic carbocycles. The minimum Gasteiger partial charge on any atom is -0.508 e. The average Bonchev–Trinajstić information content (AvgIpc) is 2.99. The molecule has 1 heterocycles. The largest absolute Gasteiger partial charge is 0.508 e. The number of piperidine rings is 1. The molecule has 1 amide bonds. The number of carbonyl (C=O) groups excluding carboxylic acids is 1. The summed E-state index contributed by atoms with van der Waals surface area (Å²) in [5.74, 6) is 5.05. The predicted octanol–water partition coefficient (Wildman–Crippen LogP) is 5.32. The van der Waals surface area contributed by atoms with E-state index in [0.29, 0.717) is 37.7 Å². The summed E-state index contributed by atoms with van der Waals surface area (Å²) in [6.45, 7) is 1.63. The Bertz CT molecular complexity index is 1560. The maximum Gasteiger partial charge on any atom is 0.416 e. The molecule has 1 saturated heterocycles. The summed E-state index contributed by atoms with van der Waals surface area (Å²) < 4.78 is 38.7. The van der Waals surface area contributed by atoms with Crippen molar-refractivity contribution >= 4 is 5.91 Å². The van der Waals surface area contributed by atoms with Crippen molar-refractivity contribution in [2.24, 2.45) is 0 Å². The van der Waals surface area contributed by atoms with E-state index in [1.54, 1.807) is 24.1 Å². The number of phenolic OH excluding ortho intramolecular Hbond substituents is 1. The highest BCUT2D eigenvalue weighted by Gasteiger charge is 2.65. The van der Waals surface area contributed by atoms with Crippen LogP contribution in [0.5, 0.6) is 5.75 Å². The smallest absolute Gasteiger partial charge is 0.416 e. The van der Waals surface area contributed by atoms with Gasteiger partial charge in [-0.2, -0.15) is 13.2 Å². The number of aliphatic hydroxyl groups is 1. The molecule has 2 fully saturated rings. The molecule has 0 aromatic heterocycles. The van der Waals surface area contributed by atoms with Crippen LogP contribution in [0.1, 0.15) is 53.5 Å². The molecular weight excluding hydrogens is 553 g/mol. The maximum atomic E-state index is 13.2. The Morgan fingerprint density at radius 2 is 1.81 bits per heavy atom. The standard InChI is InChI=1S/C35H35F3N2O3/c1-39(32(42)14-9-25-7-11-27(12-8-25)35(36,37)38)28-15-17-34(43)31-21-26-10-13-29(41)22-30(26)33(34,23-28)18-20-40(31)19-16-24-5-3-2-4-6-24/h2-8,10-13,22,28,31,41,43H,15-21,23H2,1H3/t28-,31+,33+,34+/m0/s1. The van der Waals surface area contributed by atoms with Crippen LogP contribution in [0, 0.1) is 11.8 Å². The molecule has 2 N–H and O–H groups in total. The van der Waals surface area contributed by atoms with Crippen LogP contribution in [0.15, 0.2) is 72.8 Å². The van der Waals surface area contributed by atoms with Crippen molar-refractivity contribution in [2.45, 2.75) is 67.8 Å². The molecule has 5 nitrogen and oxygen atoms in total. The van der Waals surface area contributed by atoms with Gasteiger partial charge >= 0.3 is 6.18 Å². The minimum absolute atomic E-state index is 0.0802. The van der Waals surface area contributed by atoms with Gasteiger partial charge in [-0.15, -0.1) is 0 Å². The first kappa shape index (κ1) is 29.3. The Morgan fingerprint density at radius 1 is 1.07 bits per heavy atom. The number of halogens is 3. The van der Waals surface area contributed by atoms with Gasteiger partial charge in [0, 0.05) is 42.6 Å². The van der Waals surface area contributed by atoms with Crippen molar-refractivity contribution in [3.63, 3.8) is 0 Å². The molecule has 3 aliphatic rings. The fourth-order valence-electron chi connectivity index (χ4n) is 7.71. The monoisotopic (exact) mass is 588 g/mol. The van der Waals surface area contributed by atoms with Crippen molar-refractivity contribution in [2.75, 3.05) is 20.1 Å². The van der Waals surface area contributed by atoms with Crippen molar-refractivity contribution in [3.8, 4) is 17.6 Å². The number of phenols is 1.